The predicted molar refractivity (Wildman–Crippen MR) is 180 cm³/mol. The lowest BCUT2D eigenvalue weighted by Gasteiger charge is -2.22. The average molecular weight is 781 g/mol. The zero-order valence-corrected chi connectivity index (χ0v) is 28.9. The number of methoxy groups -OCH3 is 1. The normalized spacial score (nSPS) is 12.6. The summed E-state index contributed by atoms with van der Waals surface area (Å²) >= 11 is 26.5. The van der Waals surface area contributed by atoms with E-state index in [1.807, 2.05) is 19.9 Å². The molecule has 0 unspecified atom stereocenters. The predicted octanol–water partition coefficient (Wildman–Crippen LogP) is 7.94. The molecule has 0 aromatic heterocycles. The molecule has 230 valence electrons. The maximum Gasteiger partial charge on any atom is 0.262 e. The number of rotatable bonds is 13. The van der Waals surface area contributed by atoms with Gasteiger partial charge in [0.1, 0.15) is 18.4 Å². The summed E-state index contributed by atoms with van der Waals surface area (Å²) in [5.41, 5.74) is 3.94. The Bertz CT molecular complexity index is 1490. The number of nitrogens with one attached hydrogen (secondary N) is 2. The summed E-state index contributed by atoms with van der Waals surface area (Å²) in [5.74, 6) is 0.472. The Morgan fingerprint density at radius 3 is 2.23 bits per heavy atom. The molecule has 0 saturated carbocycles. The minimum atomic E-state index is -0.921. The lowest BCUT2D eigenvalue weighted by molar-refractivity contribution is -0.132. The number of hydrogen-bond acceptors (Lipinski definition) is 6. The van der Waals surface area contributed by atoms with Crippen LogP contribution in [0.4, 0.5) is 0 Å². The third-order valence-corrected chi connectivity index (χ3v) is 7.85. The lowest BCUT2D eigenvalue weighted by Crippen LogP contribution is -2.49. The molecule has 0 heterocycles. The number of ether oxygens (including phenoxy) is 3. The molecule has 0 saturated heterocycles. The number of carbonyl (C=O) groups excluding carboxylic acids is 2. The van der Waals surface area contributed by atoms with Crippen molar-refractivity contribution in [1.29, 1.82) is 0 Å². The minimum Gasteiger partial charge on any atom is -0.493 e. The monoisotopic (exact) mass is 779 g/mol. The first kappa shape index (κ1) is 35.0. The molecule has 0 spiro atoms. The van der Waals surface area contributed by atoms with Crippen molar-refractivity contribution in [3.05, 3.63) is 83.3 Å². The summed E-state index contributed by atoms with van der Waals surface area (Å²) in [5, 5.41) is 8.60. The summed E-state index contributed by atoms with van der Waals surface area (Å²) in [6.45, 7) is 5.67. The van der Waals surface area contributed by atoms with Crippen LogP contribution in [0.15, 0.2) is 53.6 Å². The van der Waals surface area contributed by atoms with Gasteiger partial charge in [-0.05, 0) is 89.9 Å². The Morgan fingerprint density at radius 1 is 0.930 bits per heavy atom. The van der Waals surface area contributed by atoms with Gasteiger partial charge in [-0.1, -0.05) is 66.3 Å². The van der Waals surface area contributed by atoms with Crippen LogP contribution in [-0.2, 0) is 16.2 Å². The molecule has 2 N–H and O–H groups in total. The van der Waals surface area contributed by atoms with E-state index in [1.165, 1.54) is 19.4 Å². The van der Waals surface area contributed by atoms with Crippen molar-refractivity contribution < 1.29 is 23.8 Å². The summed E-state index contributed by atoms with van der Waals surface area (Å²) in [6, 6.07) is 12.6. The SMILES string of the molecule is COc1cc(/C=N\NC(=O)[C@@H](CC(C)C)NC(=O)[C@@H](C)Oc2ccc(Cl)cc2Cl)cc(I)c1OCc1ccc(Cl)cc1Cl. The van der Waals surface area contributed by atoms with Gasteiger partial charge in [-0.3, -0.25) is 9.59 Å². The molecule has 2 atom stereocenters. The second kappa shape index (κ2) is 16.6. The molecular weight excluding hydrogens is 751 g/mol. The molecule has 43 heavy (non-hydrogen) atoms. The molecule has 0 fully saturated rings. The van der Waals surface area contributed by atoms with Gasteiger partial charge in [0.25, 0.3) is 11.8 Å². The molecule has 0 aliphatic carbocycles. The Morgan fingerprint density at radius 2 is 1.60 bits per heavy atom. The molecule has 3 aromatic rings. The maximum absolute atomic E-state index is 13.0. The van der Waals surface area contributed by atoms with E-state index in [0.29, 0.717) is 44.3 Å². The van der Waals surface area contributed by atoms with Crippen molar-refractivity contribution in [3.8, 4) is 17.2 Å². The molecule has 3 rings (SSSR count). The van der Waals surface area contributed by atoms with E-state index in [4.69, 9.17) is 60.6 Å². The van der Waals surface area contributed by atoms with Crippen LogP contribution in [0.5, 0.6) is 17.2 Å². The number of hydrogen-bond donors (Lipinski definition) is 2. The van der Waals surface area contributed by atoms with Crippen LogP contribution in [0.1, 0.15) is 38.3 Å². The zero-order chi connectivity index (χ0) is 31.7. The van der Waals surface area contributed by atoms with Crippen LogP contribution < -0.4 is 25.0 Å². The van der Waals surface area contributed by atoms with E-state index < -0.39 is 24.0 Å². The van der Waals surface area contributed by atoms with Crippen molar-refractivity contribution in [2.45, 2.75) is 45.9 Å². The number of nitrogens with zero attached hydrogens (tertiary/aromatic N) is 1. The van der Waals surface area contributed by atoms with Gasteiger partial charge < -0.3 is 19.5 Å². The van der Waals surface area contributed by atoms with Gasteiger partial charge in [0.05, 0.1) is 21.9 Å². The molecule has 2 amide bonds. The zero-order valence-electron chi connectivity index (χ0n) is 23.7. The lowest BCUT2D eigenvalue weighted by atomic mass is 10.0. The van der Waals surface area contributed by atoms with E-state index in [2.05, 4.69) is 38.4 Å². The van der Waals surface area contributed by atoms with Gasteiger partial charge in [0.15, 0.2) is 17.6 Å². The molecule has 0 bridgehead atoms. The number of hydrazone groups is 1. The summed E-state index contributed by atoms with van der Waals surface area (Å²) in [6.07, 6.45) is 0.942. The van der Waals surface area contributed by atoms with Gasteiger partial charge in [-0.15, -0.1) is 0 Å². The van der Waals surface area contributed by atoms with E-state index in [-0.39, 0.29) is 17.5 Å². The smallest absolute Gasteiger partial charge is 0.262 e. The fourth-order valence-corrected chi connectivity index (χ4v) is 5.50. The van der Waals surface area contributed by atoms with Crippen molar-refractivity contribution in [2.24, 2.45) is 11.0 Å². The number of benzene rings is 3. The Labute approximate surface area is 284 Å². The molecule has 3 aromatic carbocycles. The quantitative estimate of drug-likeness (QED) is 0.104. The third-order valence-electron chi connectivity index (χ3n) is 5.93. The fourth-order valence-electron chi connectivity index (χ4n) is 3.80. The van der Waals surface area contributed by atoms with Crippen molar-refractivity contribution in [3.63, 3.8) is 0 Å². The van der Waals surface area contributed by atoms with Crippen LogP contribution in [0.3, 0.4) is 0 Å². The highest BCUT2D eigenvalue weighted by atomic mass is 127. The minimum absolute atomic E-state index is 0.114. The van der Waals surface area contributed by atoms with E-state index in [9.17, 15) is 9.59 Å². The average Bonchev–Trinajstić information content (AvgIpc) is 2.93. The largest absolute Gasteiger partial charge is 0.493 e. The Hall–Kier alpha value is -2.44. The Balaban J connectivity index is 1.65. The van der Waals surface area contributed by atoms with Gasteiger partial charge in [0.2, 0.25) is 0 Å². The van der Waals surface area contributed by atoms with Crippen LogP contribution in [-0.4, -0.2) is 37.3 Å². The molecule has 0 aliphatic rings. The van der Waals surface area contributed by atoms with E-state index >= 15 is 0 Å². The van der Waals surface area contributed by atoms with E-state index in [1.54, 1.807) is 43.3 Å². The fraction of sp³-hybridized carbons (Fsp3) is 0.300. The van der Waals surface area contributed by atoms with Crippen molar-refractivity contribution in [1.82, 2.24) is 10.7 Å². The standard InChI is InChI=1S/C30H30Cl4IN3O5/c1-16(2)9-25(37-29(39)17(3)43-26-8-7-21(32)13-23(26)34)30(40)38-36-14-18-10-24(35)28(27(11-18)41-4)42-15-19-5-6-20(31)12-22(19)33/h5-8,10-14,16-17,25H,9,15H2,1-4H3,(H,37,39)(H,38,40)/b36-14-/t17-,25-/m1/s1. The first-order valence-electron chi connectivity index (χ1n) is 13.1. The molecular formula is C30H30Cl4IN3O5. The second-order valence-corrected chi connectivity index (χ2v) is 12.7. The first-order valence-corrected chi connectivity index (χ1v) is 15.7. The topological polar surface area (TPSA) is 98.2 Å². The highest BCUT2D eigenvalue weighted by molar-refractivity contribution is 14.1. The summed E-state index contributed by atoms with van der Waals surface area (Å²) in [4.78, 5) is 25.9. The summed E-state index contributed by atoms with van der Waals surface area (Å²) < 4.78 is 18.0. The van der Waals surface area contributed by atoms with E-state index in [0.717, 1.165) is 9.13 Å². The molecule has 8 nitrogen and oxygen atoms in total. The van der Waals surface area contributed by atoms with Gasteiger partial charge in [0, 0.05) is 20.6 Å². The Kier molecular flexibility index (Phi) is 13.5. The molecule has 0 radical (unpaired) electrons. The van der Waals surface area contributed by atoms with Crippen LogP contribution in [0, 0.1) is 9.49 Å². The molecule has 0 aliphatic heterocycles. The molecule has 13 heteroatoms. The van der Waals surface area contributed by atoms with Crippen molar-refractivity contribution in [2.75, 3.05) is 7.11 Å². The third kappa shape index (κ3) is 10.6. The highest BCUT2D eigenvalue weighted by Crippen LogP contribution is 2.35. The van der Waals surface area contributed by atoms with Gasteiger partial charge in [-0.25, -0.2) is 5.43 Å². The van der Waals surface area contributed by atoms with Crippen LogP contribution in [0.25, 0.3) is 0 Å². The van der Waals surface area contributed by atoms with Gasteiger partial charge in [-0.2, -0.15) is 5.10 Å². The number of carbonyl (C=O) groups is 2. The first-order chi connectivity index (χ1) is 20.4. The summed E-state index contributed by atoms with van der Waals surface area (Å²) in [7, 11) is 1.53. The second-order valence-electron chi connectivity index (χ2n) is 9.82. The maximum atomic E-state index is 13.0. The highest BCUT2D eigenvalue weighted by Gasteiger charge is 2.25. The number of amides is 2. The van der Waals surface area contributed by atoms with Crippen LogP contribution >= 0.6 is 69.0 Å². The van der Waals surface area contributed by atoms with Gasteiger partial charge >= 0.3 is 0 Å². The van der Waals surface area contributed by atoms with Crippen molar-refractivity contribution >= 4 is 87.0 Å². The number of halogens is 5. The van der Waals surface area contributed by atoms with Crippen LogP contribution in [0.2, 0.25) is 20.1 Å².